The molecule has 0 unspecified atom stereocenters. The van der Waals surface area contributed by atoms with Crippen molar-refractivity contribution in [3.63, 3.8) is 0 Å². The fraction of sp³-hybridized carbons (Fsp3) is 0.227. The summed E-state index contributed by atoms with van der Waals surface area (Å²) in [5.41, 5.74) is -1.28. The van der Waals surface area contributed by atoms with Gasteiger partial charge in [0, 0.05) is 48.3 Å². The standard InChI is InChI=1S/C22H17ClF4N4O/c1-2-17(32)30-5-7-31(8-6-30)22-14-10-15(23)18(19(25)20(14)28-11-29-22)13-9-12(21(26)27)3-4-16(13)24/h2-4,9-11,21H,1,5-8H2. The van der Waals surface area contributed by atoms with E-state index in [1.165, 1.54) is 18.5 Å². The Labute approximate surface area is 185 Å². The molecule has 32 heavy (non-hydrogen) atoms. The van der Waals surface area contributed by atoms with Crippen LogP contribution in [-0.4, -0.2) is 47.0 Å². The summed E-state index contributed by atoms with van der Waals surface area (Å²) in [6.07, 6.45) is -0.433. The van der Waals surface area contributed by atoms with Crippen LogP contribution in [-0.2, 0) is 4.79 Å². The number of hydrogen-bond acceptors (Lipinski definition) is 4. The maximum atomic E-state index is 15.5. The van der Waals surface area contributed by atoms with Gasteiger partial charge in [0.25, 0.3) is 6.43 Å². The number of amides is 1. The number of aromatic nitrogens is 2. The number of benzene rings is 2. The number of nitrogens with zero attached hydrogens (tertiary/aromatic N) is 4. The SMILES string of the molecule is C=CC(=O)N1CCN(c2ncnc3c(F)c(-c4cc(C(F)F)ccc4F)c(Cl)cc23)CC1. The van der Waals surface area contributed by atoms with Gasteiger partial charge in [-0.25, -0.2) is 27.5 Å². The molecule has 0 N–H and O–H groups in total. The first-order valence-corrected chi connectivity index (χ1v) is 10.1. The van der Waals surface area contributed by atoms with Crippen LogP contribution < -0.4 is 4.90 Å². The van der Waals surface area contributed by atoms with Crippen LogP contribution in [0.15, 0.2) is 43.2 Å². The minimum absolute atomic E-state index is 0.110. The van der Waals surface area contributed by atoms with E-state index in [-0.39, 0.29) is 27.6 Å². The highest BCUT2D eigenvalue weighted by molar-refractivity contribution is 6.34. The Morgan fingerprint density at radius 1 is 1.12 bits per heavy atom. The van der Waals surface area contributed by atoms with Crippen LogP contribution >= 0.6 is 11.6 Å². The summed E-state index contributed by atoms with van der Waals surface area (Å²) in [6.45, 7) is 5.22. The minimum Gasteiger partial charge on any atom is -0.352 e. The molecule has 5 nitrogen and oxygen atoms in total. The van der Waals surface area contributed by atoms with Crippen LogP contribution in [0.5, 0.6) is 0 Å². The maximum Gasteiger partial charge on any atom is 0.263 e. The topological polar surface area (TPSA) is 49.3 Å². The van der Waals surface area contributed by atoms with E-state index in [1.807, 2.05) is 4.90 Å². The number of rotatable bonds is 4. The molecule has 1 amide bonds. The Morgan fingerprint density at radius 2 is 1.84 bits per heavy atom. The average Bonchev–Trinajstić information content (AvgIpc) is 2.79. The van der Waals surface area contributed by atoms with Crippen molar-refractivity contribution in [3.8, 4) is 11.1 Å². The summed E-state index contributed by atoms with van der Waals surface area (Å²) in [5, 5.41) is 0.143. The van der Waals surface area contributed by atoms with E-state index in [1.54, 1.807) is 4.90 Å². The van der Waals surface area contributed by atoms with Crippen molar-refractivity contribution >= 4 is 34.2 Å². The monoisotopic (exact) mass is 464 g/mol. The van der Waals surface area contributed by atoms with Crippen molar-refractivity contribution in [3.05, 3.63) is 65.5 Å². The number of alkyl halides is 2. The molecule has 166 valence electrons. The molecule has 0 spiro atoms. The Bertz CT molecular complexity index is 1210. The van der Waals surface area contributed by atoms with Crippen LogP contribution in [0.1, 0.15) is 12.0 Å². The van der Waals surface area contributed by atoms with Crippen molar-refractivity contribution in [2.45, 2.75) is 6.43 Å². The summed E-state index contributed by atoms with van der Waals surface area (Å²) in [7, 11) is 0. The smallest absolute Gasteiger partial charge is 0.263 e. The van der Waals surface area contributed by atoms with E-state index < -0.39 is 23.6 Å². The lowest BCUT2D eigenvalue weighted by molar-refractivity contribution is -0.126. The molecule has 10 heteroatoms. The molecular formula is C22H17ClF4N4O. The third-order valence-corrected chi connectivity index (χ3v) is 5.68. The van der Waals surface area contributed by atoms with E-state index in [9.17, 15) is 18.0 Å². The number of carbonyl (C=O) groups excluding carboxylic acids is 1. The van der Waals surface area contributed by atoms with Crippen molar-refractivity contribution in [2.24, 2.45) is 0 Å². The highest BCUT2D eigenvalue weighted by Gasteiger charge is 2.25. The quantitative estimate of drug-likeness (QED) is 0.403. The summed E-state index contributed by atoms with van der Waals surface area (Å²) in [5.74, 6) is -1.58. The van der Waals surface area contributed by atoms with E-state index >= 15 is 4.39 Å². The molecule has 1 saturated heterocycles. The maximum absolute atomic E-state index is 15.5. The lowest BCUT2D eigenvalue weighted by atomic mass is 10.00. The van der Waals surface area contributed by atoms with Gasteiger partial charge in [0.1, 0.15) is 23.5 Å². The fourth-order valence-corrected chi connectivity index (χ4v) is 4.05. The Hall–Kier alpha value is -3.20. The van der Waals surface area contributed by atoms with Crippen LogP contribution in [0, 0.1) is 11.6 Å². The van der Waals surface area contributed by atoms with Crippen molar-refractivity contribution in [1.82, 2.24) is 14.9 Å². The van der Waals surface area contributed by atoms with E-state index in [0.29, 0.717) is 37.4 Å². The van der Waals surface area contributed by atoms with E-state index in [0.717, 1.165) is 18.2 Å². The third-order valence-electron chi connectivity index (χ3n) is 5.38. The molecule has 0 aliphatic carbocycles. The van der Waals surface area contributed by atoms with Gasteiger partial charge in [-0.1, -0.05) is 24.2 Å². The fourth-order valence-electron chi connectivity index (χ4n) is 3.75. The van der Waals surface area contributed by atoms with E-state index in [4.69, 9.17) is 11.6 Å². The number of hydrogen-bond donors (Lipinski definition) is 0. The summed E-state index contributed by atoms with van der Waals surface area (Å²) in [4.78, 5) is 23.5. The number of anilines is 1. The van der Waals surface area contributed by atoms with Crippen LogP contribution in [0.3, 0.4) is 0 Å². The van der Waals surface area contributed by atoms with Gasteiger partial charge in [0.15, 0.2) is 5.82 Å². The number of fused-ring (bicyclic) bond motifs is 1. The van der Waals surface area contributed by atoms with Crippen molar-refractivity contribution in [2.75, 3.05) is 31.1 Å². The second-order valence-corrected chi connectivity index (χ2v) is 7.60. The second-order valence-electron chi connectivity index (χ2n) is 7.20. The summed E-state index contributed by atoms with van der Waals surface area (Å²) in [6, 6.07) is 4.08. The Balaban J connectivity index is 1.78. The normalized spacial score (nSPS) is 14.3. The van der Waals surface area contributed by atoms with Crippen LogP contribution in [0.4, 0.5) is 23.4 Å². The zero-order valence-electron chi connectivity index (χ0n) is 16.7. The molecule has 4 rings (SSSR count). The molecule has 3 aromatic rings. The van der Waals surface area contributed by atoms with Crippen molar-refractivity contribution < 1.29 is 22.4 Å². The molecule has 1 aromatic heterocycles. The highest BCUT2D eigenvalue weighted by Crippen LogP contribution is 2.39. The minimum atomic E-state index is -2.85. The van der Waals surface area contributed by atoms with Gasteiger partial charge in [-0.3, -0.25) is 4.79 Å². The molecule has 1 aliphatic rings. The molecule has 1 aliphatic heterocycles. The van der Waals surface area contributed by atoms with Gasteiger partial charge < -0.3 is 9.80 Å². The molecule has 0 saturated carbocycles. The van der Waals surface area contributed by atoms with Gasteiger partial charge in [-0.05, 0) is 24.3 Å². The summed E-state index contributed by atoms with van der Waals surface area (Å²) >= 11 is 6.31. The number of carbonyl (C=O) groups is 1. The zero-order chi connectivity index (χ0) is 23.0. The molecule has 0 radical (unpaired) electrons. The number of halogens is 5. The first-order valence-electron chi connectivity index (χ1n) is 9.68. The van der Waals surface area contributed by atoms with Gasteiger partial charge in [0.2, 0.25) is 5.91 Å². The van der Waals surface area contributed by atoms with Crippen LogP contribution in [0.2, 0.25) is 5.02 Å². The largest absolute Gasteiger partial charge is 0.352 e. The molecule has 1 fully saturated rings. The van der Waals surface area contributed by atoms with Gasteiger partial charge in [-0.2, -0.15) is 0 Å². The summed E-state index contributed by atoms with van der Waals surface area (Å²) < 4.78 is 56.1. The van der Waals surface area contributed by atoms with Gasteiger partial charge in [0.05, 0.1) is 5.02 Å². The molecule has 0 atom stereocenters. The Kier molecular flexibility index (Phi) is 6.01. The third kappa shape index (κ3) is 3.88. The average molecular weight is 465 g/mol. The first-order chi connectivity index (χ1) is 15.3. The number of piperazine rings is 1. The van der Waals surface area contributed by atoms with Gasteiger partial charge >= 0.3 is 0 Å². The van der Waals surface area contributed by atoms with Gasteiger partial charge in [-0.15, -0.1) is 0 Å². The molecular weight excluding hydrogens is 448 g/mol. The molecule has 2 heterocycles. The predicted molar refractivity (Wildman–Crippen MR) is 114 cm³/mol. The zero-order valence-corrected chi connectivity index (χ0v) is 17.4. The highest BCUT2D eigenvalue weighted by atomic mass is 35.5. The molecule has 0 bridgehead atoms. The second kappa shape index (κ2) is 8.74. The predicted octanol–water partition coefficient (Wildman–Crippen LogP) is 5.00. The lowest BCUT2D eigenvalue weighted by Gasteiger charge is -2.35. The van der Waals surface area contributed by atoms with Crippen molar-refractivity contribution in [1.29, 1.82) is 0 Å². The molecule has 2 aromatic carbocycles. The van der Waals surface area contributed by atoms with E-state index in [2.05, 4.69) is 16.5 Å². The lowest BCUT2D eigenvalue weighted by Crippen LogP contribution is -2.48. The first kappa shape index (κ1) is 22.0. The Morgan fingerprint density at radius 3 is 2.50 bits per heavy atom. The van der Waals surface area contributed by atoms with Crippen LogP contribution in [0.25, 0.3) is 22.0 Å².